The first-order valence-corrected chi connectivity index (χ1v) is 12.8. The van der Waals surface area contributed by atoms with E-state index in [0.717, 1.165) is 23.2 Å². The van der Waals surface area contributed by atoms with Crippen LogP contribution in [-0.4, -0.2) is 42.1 Å². The number of aromatic nitrogens is 1. The number of hydrogen-bond acceptors (Lipinski definition) is 3. The number of carbonyl (C=O) groups excluding carboxylic acids is 2. The number of benzene rings is 2. The van der Waals surface area contributed by atoms with E-state index < -0.39 is 73.0 Å². The summed E-state index contributed by atoms with van der Waals surface area (Å²) in [7, 11) is 1.17. The van der Waals surface area contributed by atoms with Gasteiger partial charge in [-0.25, -0.2) is 13.8 Å². The van der Waals surface area contributed by atoms with Crippen LogP contribution >= 0.6 is 43.5 Å². The van der Waals surface area contributed by atoms with Crippen LogP contribution in [0.2, 0.25) is 5.15 Å². The largest absolute Gasteiger partial charge is 0.457 e. The van der Waals surface area contributed by atoms with E-state index in [4.69, 9.17) is 11.6 Å². The number of anilines is 2. The Balaban J connectivity index is 1.99. The van der Waals surface area contributed by atoms with E-state index in [1.165, 1.54) is 25.2 Å². The lowest BCUT2D eigenvalue weighted by atomic mass is 9.87. The molecule has 5 nitrogen and oxygen atoms in total. The Bertz CT molecular complexity index is 1510. The molecule has 1 heterocycles. The van der Waals surface area contributed by atoms with Crippen LogP contribution in [0.25, 0.3) is 0 Å². The van der Waals surface area contributed by atoms with Crippen molar-refractivity contribution in [1.29, 1.82) is 0 Å². The summed E-state index contributed by atoms with van der Waals surface area (Å²) in [5.74, 6) is -10.2. The number of nitrogens with one attached hydrogen (secondary N) is 1. The second kappa shape index (κ2) is 11.6. The molecule has 0 spiro atoms. The molecule has 2 aromatic carbocycles. The minimum Gasteiger partial charge on any atom is -0.320 e. The van der Waals surface area contributed by atoms with Crippen LogP contribution < -0.4 is 10.2 Å². The van der Waals surface area contributed by atoms with Gasteiger partial charge in [-0.2, -0.15) is 35.1 Å². The highest BCUT2D eigenvalue weighted by molar-refractivity contribution is 9.11. The smallest absolute Gasteiger partial charge is 0.320 e. The van der Waals surface area contributed by atoms with Crippen molar-refractivity contribution in [3.05, 3.63) is 85.3 Å². The maximum atomic E-state index is 15.3. The molecular weight excluding hydrogens is 748 g/mol. The number of nitrogens with zero attached hydrogens (tertiary/aromatic N) is 2. The molecule has 42 heavy (non-hydrogen) atoms. The predicted octanol–water partition coefficient (Wildman–Crippen LogP) is 8.85. The van der Waals surface area contributed by atoms with Gasteiger partial charge in [-0.15, -0.1) is 0 Å². The molecule has 0 saturated carbocycles. The van der Waals surface area contributed by atoms with Gasteiger partial charge in [-0.3, -0.25) is 9.59 Å². The van der Waals surface area contributed by atoms with Crippen molar-refractivity contribution in [1.82, 2.24) is 4.98 Å². The number of alkyl halides is 9. The number of rotatable bonds is 6. The first kappa shape index (κ1) is 33.6. The minimum atomic E-state index is -6.94. The summed E-state index contributed by atoms with van der Waals surface area (Å²) >= 11 is 10.9. The number of pyridine rings is 1. The number of halogens is 13. The zero-order valence-corrected chi connectivity index (χ0v) is 24.2. The standard InChI is InChI=1S/C24H12Br2ClF10N3O2/c1-40(20(42)10-5-6-16(27)38-9-10)15-4-2-3-12(17(15)28)19(41)39-18-13(25)7-11(8-14(18)26)21(29,23(32,33)34)22(30,31)24(35,36)37/h2-9H,1H3,(H,39,41). The second-order valence-electron chi connectivity index (χ2n) is 8.37. The molecule has 0 aliphatic carbocycles. The van der Waals surface area contributed by atoms with Crippen LogP contribution in [0.1, 0.15) is 26.3 Å². The maximum absolute atomic E-state index is 15.3. The summed E-state index contributed by atoms with van der Waals surface area (Å²) in [6, 6.07) is 5.79. The van der Waals surface area contributed by atoms with Crippen LogP contribution in [-0.2, 0) is 5.67 Å². The van der Waals surface area contributed by atoms with Gasteiger partial charge in [-0.05, 0) is 68.3 Å². The summed E-state index contributed by atoms with van der Waals surface area (Å²) in [5.41, 5.74) is -10.1. The van der Waals surface area contributed by atoms with Crippen molar-refractivity contribution in [2.24, 2.45) is 0 Å². The van der Waals surface area contributed by atoms with Crippen molar-refractivity contribution in [2.75, 3.05) is 17.3 Å². The van der Waals surface area contributed by atoms with Crippen molar-refractivity contribution >= 4 is 66.6 Å². The third kappa shape index (κ3) is 5.95. The Kier molecular flexibility index (Phi) is 9.30. The molecule has 0 aliphatic rings. The number of hydrogen-bond donors (Lipinski definition) is 1. The Morgan fingerprint density at radius 2 is 1.48 bits per heavy atom. The fourth-order valence-corrected chi connectivity index (χ4v) is 5.05. The fraction of sp³-hybridized carbons (Fsp3) is 0.208. The molecule has 3 rings (SSSR count). The van der Waals surface area contributed by atoms with Gasteiger partial charge < -0.3 is 10.2 Å². The van der Waals surface area contributed by atoms with Gasteiger partial charge in [-0.1, -0.05) is 17.7 Å². The zero-order valence-electron chi connectivity index (χ0n) is 20.2. The van der Waals surface area contributed by atoms with Crippen molar-refractivity contribution in [3.8, 4) is 0 Å². The van der Waals surface area contributed by atoms with Gasteiger partial charge in [0.25, 0.3) is 11.8 Å². The van der Waals surface area contributed by atoms with Gasteiger partial charge in [0.05, 0.1) is 22.5 Å². The molecule has 0 fully saturated rings. The lowest BCUT2D eigenvalue weighted by Crippen LogP contribution is -2.59. The summed E-state index contributed by atoms with van der Waals surface area (Å²) in [4.78, 5) is 30.2. The Morgan fingerprint density at radius 1 is 0.905 bits per heavy atom. The quantitative estimate of drug-likeness (QED) is 0.202. The molecule has 1 atom stereocenters. The van der Waals surface area contributed by atoms with Crippen LogP contribution in [0, 0.1) is 5.82 Å². The monoisotopic (exact) mass is 757 g/mol. The van der Waals surface area contributed by atoms with Crippen molar-refractivity contribution in [3.63, 3.8) is 0 Å². The third-order valence-corrected chi connectivity index (χ3v) is 7.20. The van der Waals surface area contributed by atoms with Crippen LogP contribution in [0.4, 0.5) is 55.3 Å². The first-order valence-electron chi connectivity index (χ1n) is 10.8. The van der Waals surface area contributed by atoms with Gasteiger partial charge in [0.15, 0.2) is 5.82 Å². The Labute approximate surface area is 251 Å². The van der Waals surface area contributed by atoms with Gasteiger partial charge >= 0.3 is 23.9 Å². The molecule has 0 aliphatic heterocycles. The zero-order chi connectivity index (χ0) is 32.0. The second-order valence-corrected chi connectivity index (χ2v) is 10.5. The topological polar surface area (TPSA) is 62.3 Å². The minimum absolute atomic E-state index is 0.00278. The molecular formula is C24H12Br2ClF10N3O2. The molecule has 1 unspecified atom stereocenters. The summed E-state index contributed by atoms with van der Waals surface area (Å²) in [5, 5.41) is 2.12. The fourth-order valence-electron chi connectivity index (χ4n) is 3.55. The molecule has 0 saturated heterocycles. The third-order valence-electron chi connectivity index (χ3n) is 5.72. The van der Waals surface area contributed by atoms with E-state index in [1.54, 1.807) is 0 Å². The van der Waals surface area contributed by atoms with E-state index in [-0.39, 0.29) is 22.8 Å². The number of amides is 2. The molecule has 18 heteroatoms. The summed E-state index contributed by atoms with van der Waals surface area (Å²) in [6.45, 7) is 0. The van der Waals surface area contributed by atoms with E-state index in [0.29, 0.717) is 0 Å². The van der Waals surface area contributed by atoms with E-state index in [1.807, 2.05) is 5.32 Å². The van der Waals surface area contributed by atoms with Gasteiger partial charge in [0.2, 0.25) is 0 Å². The van der Waals surface area contributed by atoms with Crippen LogP contribution in [0.5, 0.6) is 0 Å². The highest BCUT2D eigenvalue weighted by Crippen LogP contribution is 2.59. The van der Waals surface area contributed by atoms with Gasteiger partial charge in [0.1, 0.15) is 5.15 Å². The van der Waals surface area contributed by atoms with Crippen LogP contribution in [0.3, 0.4) is 0 Å². The van der Waals surface area contributed by atoms with Crippen molar-refractivity contribution < 1.29 is 53.5 Å². The normalized spacial score (nSPS) is 13.9. The highest BCUT2D eigenvalue weighted by atomic mass is 79.9. The molecule has 226 valence electrons. The Hall–Kier alpha value is -2.92. The maximum Gasteiger partial charge on any atom is 0.457 e. The predicted molar refractivity (Wildman–Crippen MR) is 138 cm³/mol. The molecule has 1 N–H and O–H groups in total. The molecule has 1 aromatic heterocycles. The van der Waals surface area contributed by atoms with E-state index in [9.17, 15) is 49.1 Å². The lowest BCUT2D eigenvalue weighted by Gasteiger charge is -2.36. The molecule has 0 bridgehead atoms. The lowest BCUT2D eigenvalue weighted by molar-refractivity contribution is -0.389. The Morgan fingerprint density at radius 3 is 1.95 bits per heavy atom. The average Bonchev–Trinajstić information content (AvgIpc) is 2.88. The van der Waals surface area contributed by atoms with Gasteiger partial charge in [0, 0.05) is 27.8 Å². The highest BCUT2D eigenvalue weighted by Gasteiger charge is 2.81. The molecule has 0 radical (unpaired) electrons. The van der Waals surface area contributed by atoms with Crippen LogP contribution in [0.15, 0.2) is 57.6 Å². The summed E-state index contributed by atoms with van der Waals surface area (Å²) in [6.07, 6.45) is -12.6. The SMILES string of the molecule is CN(C(=O)c1ccc(Cl)nc1)c1cccc(C(=O)Nc2c(Br)cc(C(F)(C(F)(F)F)C(F)(F)C(F)(F)F)cc2Br)c1F. The summed E-state index contributed by atoms with van der Waals surface area (Å²) < 4.78 is 135. The van der Waals surface area contributed by atoms with E-state index in [2.05, 4.69) is 36.8 Å². The number of carbonyl (C=O) groups is 2. The first-order chi connectivity index (χ1) is 19.1. The van der Waals surface area contributed by atoms with Crippen molar-refractivity contribution in [2.45, 2.75) is 23.9 Å². The van der Waals surface area contributed by atoms with E-state index >= 15 is 4.39 Å². The average molecular weight is 760 g/mol. The molecule has 3 aromatic rings. The molecule has 2 amide bonds.